The van der Waals surface area contributed by atoms with E-state index in [1.807, 2.05) is 17.5 Å². The van der Waals surface area contributed by atoms with Crippen molar-refractivity contribution in [3.8, 4) is 16.6 Å². The van der Waals surface area contributed by atoms with Crippen LogP contribution in [0.25, 0.3) is 15.5 Å². The predicted molar refractivity (Wildman–Crippen MR) is 73.0 cm³/mol. The fraction of sp³-hybridized carbons (Fsp3) is 0.250. The second-order valence-electron chi connectivity index (χ2n) is 4.19. The van der Waals surface area contributed by atoms with E-state index in [9.17, 15) is 5.26 Å². The van der Waals surface area contributed by atoms with E-state index in [2.05, 4.69) is 30.0 Å². The summed E-state index contributed by atoms with van der Waals surface area (Å²) in [5, 5.41) is 16.8. The predicted octanol–water partition coefficient (Wildman–Crippen LogP) is 3.51. The molecule has 0 saturated carbocycles. The lowest BCUT2D eigenvalue weighted by Crippen LogP contribution is -1.93. The highest BCUT2D eigenvalue weighted by Crippen LogP contribution is 2.31. The Hall–Kier alpha value is -1.71. The van der Waals surface area contributed by atoms with Crippen molar-refractivity contribution in [2.24, 2.45) is 0 Å². The summed E-state index contributed by atoms with van der Waals surface area (Å²) < 4.78 is 1.66. The molecular weight excluding hydrogens is 264 g/mol. The first kappa shape index (κ1) is 11.4. The van der Waals surface area contributed by atoms with E-state index in [0.717, 1.165) is 20.5 Å². The fourth-order valence-corrected chi connectivity index (χ4v) is 3.30. The molecule has 0 aliphatic rings. The number of nitriles is 1. The van der Waals surface area contributed by atoms with Gasteiger partial charge in [-0.15, -0.1) is 11.3 Å². The average molecular weight is 274 g/mol. The first-order valence-corrected chi connectivity index (χ1v) is 7.23. The zero-order valence-corrected chi connectivity index (χ0v) is 11.5. The molecule has 3 rings (SSSR count). The summed E-state index contributed by atoms with van der Waals surface area (Å²) in [6.07, 6.45) is 0. The van der Waals surface area contributed by atoms with E-state index in [0.29, 0.717) is 11.6 Å². The zero-order valence-electron chi connectivity index (χ0n) is 9.91. The van der Waals surface area contributed by atoms with Gasteiger partial charge in [-0.05, 0) is 11.4 Å². The molecule has 0 unspecified atom stereocenters. The standard InChI is InChI=1S/C12H10N4S2/c1-7(2)11-15-16-8(6-13)10(14-12(16)18-11)9-4-3-5-17-9/h3-5,7H,1-2H3. The van der Waals surface area contributed by atoms with E-state index >= 15 is 0 Å². The fourth-order valence-electron chi connectivity index (χ4n) is 1.68. The van der Waals surface area contributed by atoms with Crippen molar-refractivity contribution >= 4 is 27.6 Å². The van der Waals surface area contributed by atoms with Crippen molar-refractivity contribution in [1.82, 2.24) is 14.6 Å². The molecule has 0 fully saturated rings. The van der Waals surface area contributed by atoms with Crippen LogP contribution in [0.5, 0.6) is 0 Å². The summed E-state index contributed by atoms with van der Waals surface area (Å²) in [6, 6.07) is 6.14. The molecule has 3 aromatic rings. The molecule has 0 aliphatic heterocycles. The Morgan fingerprint density at radius 2 is 2.28 bits per heavy atom. The zero-order chi connectivity index (χ0) is 12.7. The van der Waals surface area contributed by atoms with Crippen LogP contribution >= 0.6 is 22.7 Å². The van der Waals surface area contributed by atoms with Crippen LogP contribution in [-0.2, 0) is 0 Å². The van der Waals surface area contributed by atoms with Gasteiger partial charge in [0, 0.05) is 5.92 Å². The number of thiophene rings is 1. The van der Waals surface area contributed by atoms with Gasteiger partial charge in [-0.3, -0.25) is 0 Å². The summed E-state index contributed by atoms with van der Waals surface area (Å²) in [5.41, 5.74) is 1.26. The second kappa shape index (κ2) is 4.19. The minimum atomic E-state index is 0.355. The van der Waals surface area contributed by atoms with E-state index in [1.54, 1.807) is 27.2 Å². The number of aromatic nitrogens is 3. The van der Waals surface area contributed by atoms with Crippen molar-refractivity contribution < 1.29 is 0 Å². The van der Waals surface area contributed by atoms with Gasteiger partial charge in [0.25, 0.3) is 0 Å². The number of rotatable bonds is 2. The Kier molecular flexibility index (Phi) is 2.65. The molecule has 6 heteroatoms. The third-order valence-electron chi connectivity index (χ3n) is 2.57. The molecule has 0 saturated heterocycles. The number of nitrogens with zero attached hydrogens (tertiary/aromatic N) is 4. The quantitative estimate of drug-likeness (QED) is 0.718. The molecule has 0 bridgehead atoms. The van der Waals surface area contributed by atoms with Crippen LogP contribution in [0.2, 0.25) is 0 Å². The maximum Gasteiger partial charge on any atom is 0.214 e. The molecule has 0 radical (unpaired) electrons. The highest BCUT2D eigenvalue weighted by atomic mass is 32.1. The van der Waals surface area contributed by atoms with Gasteiger partial charge in [0.2, 0.25) is 4.96 Å². The molecule has 3 aromatic heterocycles. The van der Waals surface area contributed by atoms with Crippen LogP contribution in [0, 0.1) is 11.3 Å². The number of hydrogen-bond donors (Lipinski definition) is 0. The van der Waals surface area contributed by atoms with Crippen LogP contribution in [0.4, 0.5) is 0 Å². The molecule has 4 nitrogen and oxygen atoms in total. The summed E-state index contributed by atoms with van der Waals surface area (Å²) in [7, 11) is 0. The Morgan fingerprint density at radius 3 is 2.89 bits per heavy atom. The maximum atomic E-state index is 9.31. The Morgan fingerprint density at radius 1 is 1.44 bits per heavy atom. The Bertz CT molecular complexity index is 728. The third-order valence-corrected chi connectivity index (χ3v) is 4.66. The molecule has 0 aliphatic carbocycles. The topological polar surface area (TPSA) is 54.0 Å². The van der Waals surface area contributed by atoms with Crippen LogP contribution in [-0.4, -0.2) is 14.6 Å². The summed E-state index contributed by atoms with van der Waals surface area (Å²) >= 11 is 3.13. The minimum absolute atomic E-state index is 0.355. The second-order valence-corrected chi connectivity index (χ2v) is 6.12. The number of imidazole rings is 1. The van der Waals surface area contributed by atoms with Gasteiger partial charge in [-0.25, -0.2) is 4.98 Å². The largest absolute Gasteiger partial charge is 0.215 e. The van der Waals surface area contributed by atoms with Gasteiger partial charge in [-0.1, -0.05) is 31.3 Å². The normalized spacial score (nSPS) is 11.2. The van der Waals surface area contributed by atoms with Crippen molar-refractivity contribution in [2.75, 3.05) is 0 Å². The van der Waals surface area contributed by atoms with Gasteiger partial charge in [0.1, 0.15) is 16.8 Å². The van der Waals surface area contributed by atoms with Crippen molar-refractivity contribution in [3.05, 3.63) is 28.2 Å². The number of fused-ring (bicyclic) bond motifs is 1. The van der Waals surface area contributed by atoms with E-state index < -0.39 is 0 Å². The van der Waals surface area contributed by atoms with Gasteiger partial charge < -0.3 is 0 Å². The smallest absolute Gasteiger partial charge is 0.214 e. The molecule has 0 spiro atoms. The summed E-state index contributed by atoms with van der Waals surface area (Å²) in [4.78, 5) is 6.34. The number of hydrogen-bond acceptors (Lipinski definition) is 5. The molecule has 18 heavy (non-hydrogen) atoms. The van der Waals surface area contributed by atoms with Crippen LogP contribution in [0.15, 0.2) is 17.5 Å². The van der Waals surface area contributed by atoms with Gasteiger partial charge in [-0.2, -0.15) is 14.9 Å². The summed E-state index contributed by atoms with van der Waals surface area (Å²) in [5.74, 6) is 0.355. The van der Waals surface area contributed by atoms with Gasteiger partial charge in [0.05, 0.1) is 4.88 Å². The van der Waals surface area contributed by atoms with Crippen molar-refractivity contribution in [3.63, 3.8) is 0 Å². The Labute approximate surface area is 112 Å². The molecular formula is C12H10N4S2. The van der Waals surface area contributed by atoms with Crippen LogP contribution in [0.1, 0.15) is 30.5 Å². The SMILES string of the molecule is CC(C)c1nn2c(C#N)c(-c3cccs3)nc2s1. The average Bonchev–Trinajstić information content (AvgIpc) is 3.03. The lowest BCUT2D eigenvalue weighted by molar-refractivity contribution is 0.798. The maximum absolute atomic E-state index is 9.31. The van der Waals surface area contributed by atoms with Gasteiger partial charge >= 0.3 is 0 Å². The highest BCUT2D eigenvalue weighted by Gasteiger charge is 2.19. The van der Waals surface area contributed by atoms with E-state index in [-0.39, 0.29) is 0 Å². The van der Waals surface area contributed by atoms with Crippen LogP contribution < -0.4 is 0 Å². The lowest BCUT2D eigenvalue weighted by atomic mass is 10.2. The van der Waals surface area contributed by atoms with Gasteiger partial charge in [0.15, 0.2) is 5.69 Å². The monoisotopic (exact) mass is 274 g/mol. The lowest BCUT2D eigenvalue weighted by Gasteiger charge is -1.95. The molecule has 0 amide bonds. The third kappa shape index (κ3) is 1.64. The summed E-state index contributed by atoms with van der Waals surface area (Å²) in [6.45, 7) is 4.18. The van der Waals surface area contributed by atoms with Crippen LogP contribution in [0.3, 0.4) is 0 Å². The minimum Gasteiger partial charge on any atom is -0.215 e. The first-order valence-electron chi connectivity index (χ1n) is 5.54. The van der Waals surface area contributed by atoms with E-state index in [4.69, 9.17) is 0 Å². The molecule has 0 N–H and O–H groups in total. The first-order chi connectivity index (χ1) is 8.70. The van der Waals surface area contributed by atoms with Crippen molar-refractivity contribution in [1.29, 1.82) is 5.26 Å². The molecule has 3 heterocycles. The molecule has 0 atom stereocenters. The Balaban J connectivity index is 2.24. The molecule has 90 valence electrons. The van der Waals surface area contributed by atoms with Crippen molar-refractivity contribution in [2.45, 2.75) is 19.8 Å². The van der Waals surface area contributed by atoms with E-state index in [1.165, 1.54) is 0 Å². The highest BCUT2D eigenvalue weighted by molar-refractivity contribution is 7.17. The molecule has 0 aromatic carbocycles.